The third-order valence-electron chi connectivity index (χ3n) is 3.54. The number of nitrogens with one attached hydrogen (secondary N) is 2. The normalized spacial score (nSPS) is 10.2. The number of hydrogen-bond donors (Lipinski definition) is 2. The predicted octanol–water partition coefficient (Wildman–Crippen LogP) is 3.49. The average molecular weight is 434 g/mol. The van der Waals surface area contributed by atoms with Gasteiger partial charge >= 0.3 is 5.97 Å². The van der Waals surface area contributed by atoms with Gasteiger partial charge in [0.15, 0.2) is 4.34 Å². The maximum absolute atomic E-state index is 12.3. The Hall–Kier alpha value is -2.65. The predicted molar refractivity (Wildman–Crippen MR) is 116 cm³/mol. The molecule has 1 aromatic heterocycles. The molecule has 0 atom stereocenters. The highest BCUT2D eigenvalue weighted by Crippen LogP contribution is 2.37. The molecular weight excluding hydrogens is 410 g/mol. The molecule has 0 aliphatic carbocycles. The molecule has 7 nitrogen and oxygen atoms in total. The lowest BCUT2D eigenvalue weighted by Crippen LogP contribution is -2.24. The summed E-state index contributed by atoms with van der Waals surface area (Å²) < 4.78 is 5.51. The number of esters is 1. The summed E-state index contributed by atoms with van der Waals surface area (Å²) in [5.41, 5.74) is 1.49. The maximum atomic E-state index is 12.3. The summed E-state index contributed by atoms with van der Waals surface area (Å²) in [6, 6.07) is 9.46. The smallest absolute Gasteiger partial charge is 0.306 e. The summed E-state index contributed by atoms with van der Waals surface area (Å²) in [6.07, 6.45) is 1.66. The molecule has 0 saturated carbocycles. The lowest BCUT2D eigenvalue weighted by Gasteiger charge is -2.05. The summed E-state index contributed by atoms with van der Waals surface area (Å²) in [7, 11) is 0. The van der Waals surface area contributed by atoms with E-state index in [1.165, 1.54) is 23.1 Å². The number of nitrogens with zero attached hydrogens (tertiary/aromatic N) is 1. The molecule has 9 heteroatoms. The van der Waals surface area contributed by atoms with E-state index in [0.717, 1.165) is 5.56 Å². The molecule has 2 amide bonds. The van der Waals surface area contributed by atoms with Gasteiger partial charge in [0.1, 0.15) is 10.7 Å². The van der Waals surface area contributed by atoms with Crippen LogP contribution in [0.15, 0.2) is 47.3 Å². The lowest BCUT2D eigenvalue weighted by atomic mass is 10.1. The fraction of sp³-hybridized carbons (Fsp3) is 0.300. The molecule has 0 aliphatic rings. The van der Waals surface area contributed by atoms with Crippen molar-refractivity contribution < 1.29 is 19.1 Å². The van der Waals surface area contributed by atoms with E-state index in [4.69, 9.17) is 4.74 Å². The van der Waals surface area contributed by atoms with E-state index >= 15 is 0 Å². The van der Waals surface area contributed by atoms with Gasteiger partial charge in [0.2, 0.25) is 11.8 Å². The van der Waals surface area contributed by atoms with Gasteiger partial charge in [-0.25, -0.2) is 4.98 Å². The van der Waals surface area contributed by atoms with Crippen LogP contribution in [0.2, 0.25) is 0 Å². The molecule has 29 heavy (non-hydrogen) atoms. The molecule has 0 aliphatic heterocycles. The summed E-state index contributed by atoms with van der Waals surface area (Å²) in [5, 5.41) is 6.12. The number of benzene rings is 1. The van der Waals surface area contributed by atoms with E-state index in [9.17, 15) is 14.4 Å². The minimum Gasteiger partial charge on any atom is -0.466 e. The number of thioether (sulfide) groups is 1. The first kappa shape index (κ1) is 22.6. The van der Waals surface area contributed by atoms with Crippen molar-refractivity contribution >= 4 is 45.9 Å². The molecule has 1 heterocycles. The van der Waals surface area contributed by atoms with E-state index in [1.54, 1.807) is 13.0 Å². The highest BCUT2D eigenvalue weighted by atomic mass is 32.2. The number of hydrogen-bond acceptors (Lipinski definition) is 7. The van der Waals surface area contributed by atoms with Gasteiger partial charge in [-0.05, 0) is 6.92 Å². The maximum Gasteiger partial charge on any atom is 0.306 e. The molecule has 1 aromatic carbocycles. The lowest BCUT2D eigenvalue weighted by molar-refractivity contribution is -0.144. The van der Waals surface area contributed by atoms with E-state index < -0.39 is 5.97 Å². The highest BCUT2D eigenvalue weighted by molar-refractivity contribution is 8.01. The SMILES string of the molecule is C=CCNC(=O)CSc1nc(-c2ccccc2)c(NC(=O)CCC(=O)OCC)s1. The van der Waals surface area contributed by atoms with Crippen LogP contribution in [0.4, 0.5) is 5.00 Å². The molecule has 0 bridgehead atoms. The van der Waals surface area contributed by atoms with Gasteiger partial charge in [0.25, 0.3) is 0 Å². The van der Waals surface area contributed by atoms with Crippen molar-refractivity contribution in [3.8, 4) is 11.3 Å². The van der Waals surface area contributed by atoms with Crippen molar-refractivity contribution in [1.29, 1.82) is 0 Å². The third kappa shape index (κ3) is 7.71. The number of rotatable bonds is 11. The van der Waals surface area contributed by atoms with Crippen LogP contribution < -0.4 is 10.6 Å². The topological polar surface area (TPSA) is 97.4 Å². The van der Waals surface area contributed by atoms with Gasteiger partial charge in [-0.2, -0.15) is 0 Å². The second-order valence-electron chi connectivity index (χ2n) is 5.76. The second kappa shape index (κ2) is 12.0. The van der Waals surface area contributed by atoms with Crippen molar-refractivity contribution in [2.75, 3.05) is 24.2 Å². The van der Waals surface area contributed by atoms with Crippen LogP contribution in [0.25, 0.3) is 11.3 Å². The Morgan fingerprint density at radius 1 is 1.21 bits per heavy atom. The van der Waals surface area contributed by atoms with Crippen molar-refractivity contribution in [2.24, 2.45) is 0 Å². The molecule has 0 spiro atoms. The van der Waals surface area contributed by atoms with Crippen LogP contribution in [0.1, 0.15) is 19.8 Å². The molecule has 0 saturated heterocycles. The van der Waals surface area contributed by atoms with E-state index in [0.29, 0.717) is 21.6 Å². The number of aromatic nitrogens is 1. The minimum atomic E-state index is -0.406. The Kier molecular flexibility index (Phi) is 9.39. The van der Waals surface area contributed by atoms with Crippen LogP contribution in [0, 0.1) is 0 Å². The zero-order valence-electron chi connectivity index (χ0n) is 16.1. The first-order valence-electron chi connectivity index (χ1n) is 9.05. The standard InChI is InChI=1S/C20H23N3O4S2/c1-3-12-21-16(25)13-28-20-23-18(14-8-6-5-7-9-14)19(29-20)22-15(24)10-11-17(26)27-4-2/h3,5-9H,1,4,10-13H2,2H3,(H,21,25)(H,22,24). The number of ether oxygens (including phenoxy) is 1. The van der Waals surface area contributed by atoms with Crippen molar-refractivity contribution in [3.63, 3.8) is 0 Å². The first-order chi connectivity index (χ1) is 14.0. The quantitative estimate of drug-likeness (QED) is 0.320. The Labute approximate surface area is 177 Å². The van der Waals surface area contributed by atoms with Crippen molar-refractivity contribution in [1.82, 2.24) is 10.3 Å². The third-order valence-corrected chi connectivity index (χ3v) is 5.65. The monoisotopic (exact) mass is 433 g/mol. The average Bonchev–Trinajstić information content (AvgIpc) is 3.12. The Bertz CT molecular complexity index is 853. The Morgan fingerprint density at radius 3 is 2.66 bits per heavy atom. The van der Waals surface area contributed by atoms with Gasteiger partial charge in [-0.3, -0.25) is 14.4 Å². The highest BCUT2D eigenvalue weighted by Gasteiger charge is 2.17. The summed E-state index contributed by atoms with van der Waals surface area (Å²) in [6.45, 7) is 5.98. The summed E-state index contributed by atoms with van der Waals surface area (Å²) in [4.78, 5) is 40.1. The summed E-state index contributed by atoms with van der Waals surface area (Å²) in [5.74, 6) is -0.603. The van der Waals surface area contributed by atoms with E-state index in [2.05, 4.69) is 22.2 Å². The zero-order valence-corrected chi connectivity index (χ0v) is 17.7. The molecule has 2 rings (SSSR count). The van der Waals surface area contributed by atoms with Gasteiger partial charge in [0.05, 0.1) is 18.8 Å². The number of thiazole rings is 1. The fourth-order valence-corrected chi connectivity index (χ4v) is 4.15. The van der Waals surface area contributed by atoms with Crippen LogP contribution in [0.3, 0.4) is 0 Å². The Balaban J connectivity index is 2.09. The Morgan fingerprint density at radius 2 is 1.97 bits per heavy atom. The summed E-state index contributed by atoms with van der Waals surface area (Å²) >= 11 is 2.59. The van der Waals surface area contributed by atoms with Gasteiger partial charge in [0, 0.05) is 18.5 Å². The minimum absolute atomic E-state index is 0.0181. The second-order valence-corrected chi connectivity index (χ2v) is 7.98. The molecule has 2 aromatic rings. The van der Waals surface area contributed by atoms with E-state index in [1.807, 2.05) is 30.3 Å². The van der Waals surface area contributed by atoms with Crippen molar-refractivity contribution in [2.45, 2.75) is 24.1 Å². The zero-order chi connectivity index (χ0) is 21.1. The number of carbonyl (C=O) groups excluding carboxylic acids is 3. The van der Waals surface area contributed by atoms with Crippen molar-refractivity contribution in [3.05, 3.63) is 43.0 Å². The molecule has 2 N–H and O–H groups in total. The van der Waals surface area contributed by atoms with Gasteiger partial charge in [-0.1, -0.05) is 59.5 Å². The number of anilines is 1. The van der Waals surface area contributed by atoms with Gasteiger partial charge in [-0.15, -0.1) is 6.58 Å². The largest absolute Gasteiger partial charge is 0.466 e. The number of amides is 2. The fourth-order valence-electron chi connectivity index (χ4n) is 2.24. The van der Waals surface area contributed by atoms with Crippen LogP contribution >= 0.6 is 23.1 Å². The van der Waals surface area contributed by atoms with E-state index in [-0.39, 0.29) is 37.0 Å². The molecule has 0 fully saturated rings. The van der Waals surface area contributed by atoms with Crippen LogP contribution in [-0.2, 0) is 19.1 Å². The molecule has 154 valence electrons. The van der Waals surface area contributed by atoms with Gasteiger partial charge < -0.3 is 15.4 Å². The molecule has 0 unspecified atom stereocenters. The number of carbonyl (C=O) groups is 3. The molecular formula is C20H23N3O4S2. The van der Waals surface area contributed by atoms with Crippen LogP contribution in [-0.4, -0.2) is 41.7 Å². The first-order valence-corrected chi connectivity index (χ1v) is 10.9. The molecule has 0 radical (unpaired) electrons. The van der Waals surface area contributed by atoms with Crippen LogP contribution in [0.5, 0.6) is 0 Å².